The summed E-state index contributed by atoms with van der Waals surface area (Å²) in [6.07, 6.45) is 0.882. The van der Waals surface area contributed by atoms with Crippen molar-refractivity contribution < 1.29 is 76.3 Å². The Labute approximate surface area is 382 Å². The number of thioether (sulfide) groups is 2. The van der Waals surface area contributed by atoms with E-state index in [0.717, 1.165) is 6.42 Å². The highest BCUT2D eigenvalue weighted by molar-refractivity contribution is 7.99. The van der Waals surface area contributed by atoms with Crippen molar-refractivity contribution in [2.45, 2.75) is 106 Å². The molecule has 2 amide bonds. The number of hydrogen-bond acceptors (Lipinski definition) is 19. The van der Waals surface area contributed by atoms with Gasteiger partial charge in [0.15, 0.2) is 0 Å². The SMILES string of the molecule is C=C(C)C(=O)OCCNC(=O)OC(C)(C)C.CCCOC(=O)C(C)CSCCC(=O)OC.COC(=O)CCS.COC(=O)CCSCC(C)C(=O)OCCNC(=O)OC(C)(C)C. The molecule has 0 saturated carbocycles. The normalized spacial score (nSPS) is 11.3. The fraction of sp³-hybridized carbons (Fsp3) is 0.756. The number of carbonyl (C=O) groups excluding carboxylic acids is 8. The van der Waals surface area contributed by atoms with Crippen molar-refractivity contribution in [1.82, 2.24) is 10.6 Å². The van der Waals surface area contributed by atoms with E-state index in [4.69, 9.17) is 23.7 Å². The Hall–Kier alpha value is -3.85. The third-order valence-corrected chi connectivity index (χ3v) is 8.94. The number of rotatable bonds is 23. The van der Waals surface area contributed by atoms with Crippen LogP contribution in [-0.2, 0) is 66.7 Å². The highest BCUT2D eigenvalue weighted by Crippen LogP contribution is 2.13. The minimum atomic E-state index is -0.559. The summed E-state index contributed by atoms with van der Waals surface area (Å²) in [5.41, 5.74) is -0.757. The van der Waals surface area contributed by atoms with Crippen molar-refractivity contribution in [3.8, 4) is 0 Å². The Morgan fingerprint density at radius 3 is 1.27 bits per heavy atom. The molecular formula is C41H74N2O16S3. The van der Waals surface area contributed by atoms with E-state index in [2.05, 4.69) is 44.1 Å². The van der Waals surface area contributed by atoms with Crippen molar-refractivity contribution in [3.05, 3.63) is 12.2 Å². The van der Waals surface area contributed by atoms with Gasteiger partial charge in [0.2, 0.25) is 0 Å². The van der Waals surface area contributed by atoms with Gasteiger partial charge in [-0.2, -0.15) is 36.2 Å². The lowest BCUT2D eigenvalue weighted by molar-refractivity contribution is -0.147. The first kappa shape index (κ1) is 64.8. The van der Waals surface area contributed by atoms with Gasteiger partial charge in [-0.3, -0.25) is 24.0 Å². The maximum atomic E-state index is 11.7. The van der Waals surface area contributed by atoms with Crippen LogP contribution < -0.4 is 10.6 Å². The number of amides is 2. The van der Waals surface area contributed by atoms with Crippen LogP contribution in [0.5, 0.6) is 0 Å². The second kappa shape index (κ2) is 40.0. The van der Waals surface area contributed by atoms with Crippen molar-refractivity contribution >= 4 is 84.2 Å². The molecule has 0 heterocycles. The van der Waals surface area contributed by atoms with Crippen molar-refractivity contribution in [3.63, 3.8) is 0 Å². The zero-order chi connectivity index (χ0) is 48.7. The average molecular weight is 947 g/mol. The lowest BCUT2D eigenvalue weighted by atomic mass is 10.2. The van der Waals surface area contributed by atoms with Gasteiger partial charge in [0.1, 0.15) is 24.4 Å². The number of alkyl carbamates (subject to hydrolysis) is 2. The average Bonchev–Trinajstić information content (AvgIpc) is 3.19. The molecule has 2 N–H and O–H groups in total. The first-order valence-corrected chi connectivity index (χ1v) is 22.8. The van der Waals surface area contributed by atoms with E-state index >= 15 is 0 Å². The van der Waals surface area contributed by atoms with E-state index in [1.165, 1.54) is 33.1 Å². The quantitative estimate of drug-likeness (QED) is 0.0352. The van der Waals surface area contributed by atoms with Crippen LogP contribution in [0.25, 0.3) is 0 Å². The van der Waals surface area contributed by atoms with Gasteiger partial charge in [0.05, 0.1) is 72.1 Å². The van der Waals surface area contributed by atoms with Crippen LogP contribution in [0.15, 0.2) is 12.2 Å². The van der Waals surface area contributed by atoms with Crippen LogP contribution >= 0.6 is 36.2 Å². The van der Waals surface area contributed by atoms with Crippen LogP contribution in [0.1, 0.15) is 94.9 Å². The Kier molecular flexibility index (Phi) is 41.7. The van der Waals surface area contributed by atoms with E-state index < -0.39 is 29.4 Å². The van der Waals surface area contributed by atoms with E-state index in [1.54, 1.807) is 67.2 Å². The van der Waals surface area contributed by atoms with Gasteiger partial charge in [-0.05, 0) is 54.9 Å². The van der Waals surface area contributed by atoms with Gasteiger partial charge in [-0.1, -0.05) is 27.4 Å². The van der Waals surface area contributed by atoms with Gasteiger partial charge < -0.3 is 48.5 Å². The Morgan fingerprint density at radius 2 is 0.968 bits per heavy atom. The summed E-state index contributed by atoms with van der Waals surface area (Å²) in [7, 11) is 4.09. The zero-order valence-electron chi connectivity index (χ0n) is 39.1. The Balaban J connectivity index is -0.000000384. The molecule has 2 unspecified atom stereocenters. The molecule has 0 saturated heterocycles. The second-order valence-corrected chi connectivity index (χ2v) is 17.5. The third kappa shape index (κ3) is 48.8. The standard InChI is InChI=1S/C15H27NO6S.C11H19NO4.C11H20O4S.C4H8O2S/c1-11(10-23-9-6-12(17)20-5)13(18)21-8-7-16-14(19)22-15(2,3)4;1-8(2)9(13)15-7-6-12-10(14)16-11(3,4)5;1-4-6-15-11(13)9(2)8-16-7-5-10(12)14-3;1-6-4(5)2-3-7/h11H,6-10H2,1-5H3,(H,16,19);1,6-7H2,2-5H3,(H,12,14);9H,4-8H2,1-3H3;7H,2-3H2,1H3. The summed E-state index contributed by atoms with van der Waals surface area (Å²) in [5.74, 6) is 1.06. The molecule has 0 aromatic carbocycles. The molecule has 0 fully saturated rings. The van der Waals surface area contributed by atoms with Gasteiger partial charge in [0.25, 0.3) is 0 Å². The maximum Gasteiger partial charge on any atom is 0.407 e. The molecule has 0 radical (unpaired) electrons. The van der Waals surface area contributed by atoms with Crippen LogP contribution in [-0.4, -0.2) is 142 Å². The lowest BCUT2D eigenvalue weighted by Crippen LogP contribution is -2.34. The van der Waals surface area contributed by atoms with Crippen LogP contribution in [0.2, 0.25) is 0 Å². The number of carbonyl (C=O) groups is 8. The number of methoxy groups -OCH3 is 3. The third-order valence-electron chi connectivity index (χ3n) is 6.26. The Morgan fingerprint density at radius 1 is 0.613 bits per heavy atom. The molecule has 0 bridgehead atoms. The monoisotopic (exact) mass is 946 g/mol. The van der Waals surface area contributed by atoms with E-state index in [0.29, 0.717) is 60.2 Å². The molecular weight excluding hydrogens is 873 g/mol. The topological polar surface area (TPSA) is 234 Å². The maximum absolute atomic E-state index is 11.7. The fourth-order valence-electron chi connectivity index (χ4n) is 3.21. The minimum absolute atomic E-state index is 0.0925. The molecule has 362 valence electrons. The summed E-state index contributed by atoms with van der Waals surface area (Å²) < 4.78 is 38.2. The molecule has 0 rings (SSSR count). The highest BCUT2D eigenvalue weighted by Gasteiger charge is 2.18. The summed E-state index contributed by atoms with van der Waals surface area (Å²) in [6.45, 7) is 22.3. The predicted octanol–water partition coefficient (Wildman–Crippen LogP) is 5.97. The molecule has 21 heteroatoms. The van der Waals surface area contributed by atoms with Crippen molar-refractivity contribution in [2.24, 2.45) is 11.8 Å². The molecule has 0 aliphatic heterocycles. The molecule has 2 atom stereocenters. The first-order chi connectivity index (χ1) is 28.8. The highest BCUT2D eigenvalue weighted by atomic mass is 32.2. The molecule has 0 aliphatic rings. The van der Waals surface area contributed by atoms with Crippen LogP contribution in [0, 0.1) is 11.8 Å². The largest absolute Gasteiger partial charge is 0.469 e. The molecule has 0 aromatic heterocycles. The van der Waals surface area contributed by atoms with Crippen LogP contribution in [0.4, 0.5) is 9.59 Å². The minimum Gasteiger partial charge on any atom is -0.469 e. The van der Waals surface area contributed by atoms with Crippen molar-refractivity contribution in [1.29, 1.82) is 0 Å². The number of esters is 6. The van der Waals surface area contributed by atoms with E-state index in [9.17, 15) is 38.4 Å². The molecule has 0 aromatic rings. The fourth-order valence-corrected chi connectivity index (χ4v) is 5.32. The van der Waals surface area contributed by atoms with Gasteiger partial charge in [-0.15, -0.1) is 0 Å². The van der Waals surface area contributed by atoms with Gasteiger partial charge in [-0.25, -0.2) is 14.4 Å². The molecule has 0 aliphatic carbocycles. The summed E-state index contributed by atoms with van der Waals surface area (Å²) in [5, 5.41) is 4.98. The second-order valence-electron chi connectivity index (χ2n) is 14.8. The van der Waals surface area contributed by atoms with Gasteiger partial charge in [0, 0.05) is 34.3 Å². The molecule has 62 heavy (non-hydrogen) atoms. The smallest absolute Gasteiger partial charge is 0.407 e. The summed E-state index contributed by atoms with van der Waals surface area (Å²) in [6, 6.07) is 0. The van der Waals surface area contributed by atoms with Crippen LogP contribution in [0.3, 0.4) is 0 Å². The summed E-state index contributed by atoms with van der Waals surface area (Å²) >= 11 is 6.87. The number of nitrogens with one attached hydrogen (secondary N) is 2. The lowest BCUT2D eigenvalue weighted by Gasteiger charge is -2.19. The summed E-state index contributed by atoms with van der Waals surface area (Å²) in [4.78, 5) is 88.4. The van der Waals surface area contributed by atoms with Gasteiger partial charge >= 0.3 is 48.0 Å². The van der Waals surface area contributed by atoms with Crippen molar-refractivity contribution in [2.75, 3.05) is 83.0 Å². The molecule has 0 spiro atoms. The predicted molar refractivity (Wildman–Crippen MR) is 243 cm³/mol. The Bertz CT molecular complexity index is 1320. The molecule has 18 nitrogen and oxygen atoms in total. The number of hydrogen-bond donors (Lipinski definition) is 3. The van der Waals surface area contributed by atoms with E-state index in [-0.39, 0.29) is 68.0 Å². The number of thiol groups is 1. The number of ether oxygens (including phenoxy) is 8. The zero-order valence-corrected chi connectivity index (χ0v) is 41.6. The first-order valence-electron chi connectivity index (χ1n) is 19.9. The van der Waals surface area contributed by atoms with E-state index in [1.807, 2.05) is 13.8 Å².